The molecule has 0 N–H and O–H groups in total. The Balaban J connectivity index is 3.20. The Bertz CT molecular complexity index is 455. The molecule has 0 aliphatic heterocycles. The molecule has 0 aromatic heterocycles. The second-order valence-electron chi connectivity index (χ2n) is 5.23. The van der Waals surface area contributed by atoms with Gasteiger partial charge in [0.1, 0.15) is 21.7 Å². The van der Waals surface area contributed by atoms with Crippen molar-refractivity contribution in [3.05, 3.63) is 35.9 Å². The van der Waals surface area contributed by atoms with Crippen LogP contribution in [0.25, 0.3) is 0 Å². The molecule has 0 saturated carbocycles. The van der Waals surface area contributed by atoms with Gasteiger partial charge in [0.15, 0.2) is 0 Å². The Morgan fingerprint density at radius 3 is 2.24 bits per heavy atom. The first-order valence-corrected chi connectivity index (χ1v) is 9.60. The molecule has 0 aliphatic carbocycles. The summed E-state index contributed by atoms with van der Waals surface area (Å²) in [5, 5.41) is 0. The molecule has 0 amide bonds. The average Bonchev–Trinajstić information content (AvgIpc) is 2.29. The first-order chi connectivity index (χ1) is 7.94. The molecule has 1 rings (SSSR count). The molecule has 0 atom stereocenters. The van der Waals surface area contributed by atoms with Crippen molar-refractivity contribution < 1.29 is 4.58 Å². The van der Waals surface area contributed by atoms with Gasteiger partial charge >= 0.3 is 0 Å². The quantitative estimate of drug-likeness (QED) is 0.326. The third-order valence-electron chi connectivity index (χ3n) is 2.46. The summed E-state index contributed by atoms with van der Waals surface area (Å²) in [5.74, 6) is 3.38. The lowest BCUT2D eigenvalue weighted by molar-refractivity contribution is -0.491. The monoisotopic (exact) mass is 244 g/mol. The van der Waals surface area contributed by atoms with Crippen LogP contribution in [0.1, 0.15) is 12.5 Å². The molecule has 0 saturated heterocycles. The fourth-order valence-corrected chi connectivity index (χ4v) is 1.88. The van der Waals surface area contributed by atoms with Crippen molar-refractivity contribution in [2.45, 2.75) is 26.6 Å². The highest BCUT2D eigenvalue weighted by Crippen LogP contribution is 2.02. The van der Waals surface area contributed by atoms with Crippen molar-refractivity contribution in [1.82, 2.24) is 0 Å². The van der Waals surface area contributed by atoms with Crippen LogP contribution in [0.5, 0.6) is 0 Å². The fourth-order valence-electron chi connectivity index (χ4n) is 1.39. The van der Waals surface area contributed by atoms with E-state index in [0.717, 1.165) is 12.3 Å². The third kappa shape index (κ3) is 4.58. The van der Waals surface area contributed by atoms with Crippen LogP contribution in [0, 0.1) is 11.5 Å². The van der Waals surface area contributed by atoms with E-state index in [2.05, 4.69) is 73.9 Å². The SMILES string of the molecule is CC[N+](C)=C(C#C[Si](C)(C)C)c1ccccc1. The lowest BCUT2D eigenvalue weighted by Crippen LogP contribution is -2.20. The van der Waals surface area contributed by atoms with Crippen LogP contribution in [-0.2, 0) is 0 Å². The molecule has 2 heteroatoms. The van der Waals surface area contributed by atoms with E-state index in [-0.39, 0.29) is 0 Å². The van der Waals surface area contributed by atoms with Crippen LogP contribution in [0.4, 0.5) is 0 Å². The van der Waals surface area contributed by atoms with E-state index in [1.807, 2.05) is 6.07 Å². The lowest BCUT2D eigenvalue weighted by atomic mass is 10.1. The van der Waals surface area contributed by atoms with Gasteiger partial charge in [-0.25, -0.2) is 4.58 Å². The zero-order chi connectivity index (χ0) is 12.9. The molecule has 90 valence electrons. The van der Waals surface area contributed by atoms with Gasteiger partial charge in [-0.05, 0) is 25.0 Å². The van der Waals surface area contributed by atoms with Gasteiger partial charge in [0, 0.05) is 0 Å². The van der Waals surface area contributed by atoms with Gasteiger partial charge < -0.3 is 0 Å². The van der Waals surface area contributed by atoms with E-state index in [9.17, 15) is 0 Å². The molecule has 0 fully saturated rings. The van der Waals surface area contributed by atoms with Crippen LogP contribution in [0.15, 0.2) is 30.3 Å². The third-order valence-corrected chi connectivity index (χ3v) is 3.33. The van der Waals surface area contributed by atoms with Crippen molar-refractivity contribution in [3.63, 3.8) is 0 Å². The Morgan fingerprint density at radius 2 is 1.76 bits per heavy atom. The number of benzene rings is 1. The first kappa shape index (κ1) is 13.7. The zero-order valence-electron chi connectivity index (χ0n) is 11.5. The van der Waals surface area contributed by atoms with E-state index in [1.165, 1.54) is 5.56 Å². The minimum absolute atomic E-state index is 0.977. The molecule has 1 aromatic carbocycles. The van der Waals surface area contributed by atoms with Crippen LogP contribution in [0.3, 0.4) is 0 Å². The van der Waals surface area contributed by atoms with Gasteiger partial charge in [0.2, 0.25) is 0 Å². The molecule has 17 heavy (non-hydrogen) atoms. The highest BCUT2D eigenvalue weighted by Gasteiger charge is 2.12. The summed E-state index contributed by atoms with van der Waals surface area (Å²) in [7, 11) is 0.778. The topological polar surface area (TPSA) is 3.01 Å². The van der Waals surface area contributed by atoms with E-state index in [0.29, 0.717) is 0 Å². The Labute approximate surface area is 106 Å². The zero-order valence-corrected chi connectivity index (χ0v) is 12.5. The molecule has 0 aliphatic rings. The fraction of sp³-hybridized carbons (Fsp3) is 0.400. The minimum atomic E-state index is -1.32. The average molecular weight is 244 g/mol. The minimum Gasteiger partial charge on any atom is -0.225 e. The van der Waals surface area contributed by atoms with E-state index >= 15 is 0 Å². The van der Waals surface area contributed by atoms with E-state index < -0.39 is 8.07 Å². The van der Waals surface area contributed by atoms with Crippen molar-refractivity contribution in [2.75, 3.05) is 13.6 Å². The molecule has 0 bridgehead atoms. The summed E-state index contributed by atoms with van der Waals surface area (Å²) in [6.07, 6.45) is 0. The van der Waals surface area contributed by atoms with Gasteiger partial charge in [-0.1, -0.05) is 37.8 Å². The maximum atomic E-state index is 3.45. The van der Waals surface area contributed by atoms with Crippen molar-refractivity contribution in [1.29, 1.82) is 0 Å². The highest BCUT2D eigenvalue weighted by molar-refractivity contribution is 6.84. The summed E-state index contributed by atoms with van der Waals surface area (Å²) < 4.78 is 2.21. The molecule has 0 spiro atoms. The maximum Gasteiger partial charge on any atom is 0.258 e. The Morgan fingerprint density at radius 1 is 1.18 bits per heavy atom. The normalized spacial score (nSPS) is 12.5. The van der Waals surface area contributed by atoms with Gasteiger partial charge in [-0.3, -0.25) is 0 Å². The lowest BCUT2D eigenvalue weighted by Gasteiger charge is -2.04. The number of hydrogen-bond donors (Lipinski definition) is 0. The van der Waals surface area contributed by atoms with Crippen LogP contribution < -0.4 is 0 Å². The van der Waals surface area contributed by atoms with Crippen molar-refractivity contribution in [3.8, 4) is 11.5 Å². The van der Waals surface area contributed by atoms with Gasteiger partial charge in [-0.15, -0.1) is 5.54 Å². The van der Waals surface area contributed by atoms with Gasteiger partial charge in [-0.2, -0.15) is 0 Å². The molecule has 0 heterocycles. The van der Waals surface area contributed by atoms with Crippen molar-refractivity contribution >= 4 is 13.8 Å². The summed E-state index contributed by atoms with van der Waals surface area (Å²) >= 11 is 0. The Hall–Kier alpha value is -1.33. The second kappa shape index (κ2) is 5.84. The number of rotatable bonds is 2. The largest absolute Gasteiger partial charge is 0.258 e. The standard InChI is InChI=1S/C15H22NSi/c1-6-16(2)15(12-13-17(3,4)5)14-10-8-7-9-11-14/h7-11H,6H2,1-5H3/q+1. The number of hydrogen-bond acceptors (Lipinski definition) is 0. The smallest absolute Gasteiger partial charge is 0.225 e. The van der Waals surface area contributed by atoms with Crippen LogP contribution in [-0.4, -0.2) is 32.0 Å². The molecule has 1 aromatic rings. The Kier molecular flexibility index (Phi) is 4.71. The summed E-state index contributed by atoms with van der Waals surface area (Å²) in [6, 6.07) is 10.4. The maximum absolute atomic E-state index is 3.45. The highest BCUT2D eigenvalue weighted by atomic mass is 28.3. The predicted molar refractivity (Wildman–Crippen MR) is 78.4 cm³/mol. The van der Waals surface area contributed by atoms with Crippen LogP contribution >= 0.6 is 0 Å². The van der Waals surface area contributed by atoms with Crippen LogP contribution in [0.2, 0.25) is 19.6 Å². The van der Waals surface area contributed by atoms with Gasteiger partial charge in [0.05, 0.1) is 5.56 Å². The number of nitrogens with zero attached hydrogens (tertiary/aromatic N) is 1. The molecule has 0 unspecified atom stereocenters. The summed E-state index contributed by atoms with van der Waals surface area (Å²) in [6.45, 7) is 9.95. The van der Waals surface area contributed by atoms with Crippen molar-refractivity contribution in [2.24, 2.45) is 0 Å². The predicted octanol–water partition coefficient (Wildman–Crippen LogP) is 3.02. The molecular weight excluding hydrogens is 222 g/mol. The summed E-state index contributed by atoms with van der Waals surface area (Å²) in [4.78, 5) is 0. The van der Waals surface area contributed by atoms with Gasteiger partial charge in [0.25, 0.3) is 5.71 Å². The first-order valence-electron chi connectivity index (χ1n) is 6.10. The van der Waals surface area contributed by atoms with E-state index in [1.54, 1.807) is 0 Å². The van der Waals surface area contributed by atoms with E-state index in [4.69, 9.17) is 0 Å². The molecule has 1 nitrogen and oxygen atoms in total. The molecular formula is C15H22NSi+. The summed E-state index contributed by atoms with van der Waals surface area (Å²) in [5.41, 5.74) is 5.79. The second-order valence-corrected chi connectivity index (χ2v) is 9.98. The molecule has 0 radical (unpaired) electrons.